The van der Waals surface area contributed by atoms with Crippen molar-refractivity contribution in [2.24, 2.45) is 11.3 Å². The van der Waals surface area contributed by atoms with Gasteiger partial charge in [0.25, 0.3) is 5.91 Å². The molecule has 2 heterocycles. The molecule has 0 unspecified atom stereocenters. The number of rotatable bonds is 4. The first-order chi connectivity index (χ1) is 9.79. The molecule has 2 atom stereocenters. The molecule has 0 aromatic carbocycles. The molecule has 0 bridgehead atoms. The summed E-state index contributed by atoms with van der Waals surface area (Å²) < 4.78 is 11.0. The van der Waals surface area contributed by atoms with Crippen molar-refractivity contribution in [2.75, 3.05) is 13.2 Å². The molecule has 0 aliphatic carbocycles. The number of hydrogen-bond donors (Lipinski definition) is 1. The lowest BCUT2D eigenvalue weighted by atomic mass is 9.81. The quantitative estimate of drug-likeness (QED) is 0.927. The molecule has 21 heavy (non-hydrogen) atoms. The molecular formula is C16H26N2O3. The Morgan fingerprint density at radius 2 is 2.19 bits per heavy atom. The van der Waals surface area contributed by atoms with Crippen LogP contribution in [0.2, 0.25) is 0 Å². The second kappa shape index (κ2) is 6.18. The van der Waals surface area contributed by atoms with Crippen LogP contribution in [0.3, 0.4) is 0 Å². The summed E-state index contributed by atoms with van der Waals surface area (Å²) in [4.78, 5) is 12.1. The van der Waals surface area contributed by atoms with Crippen LogP contribution >= 0.6 is 0 Å². The van der Waals surface area contributed by atoms with Crippen LogP contribution in [0.15, 0.2) is 10.6 Å². The molecule has 0 spiro atoms. The van der Waals surface area contributed by atoms with E-state index in [4.69, 9.17) is 9.26 Å². The van der Waals surface area contributed by atoms with Gasteiger partial charge in [0.05, 0.1) is 6.10 Å². The van der Waals surface area contributed by atoms with Crippen LogP contribution in [0.1, 0.15) is 63.2 Å². The lowest BCUT2D eigenvalue weighted by Gasteiger charge is -2.31. The van der Waals surface area contributed by atoms with Gasteiger partial charge in [-0.25, -0.2) is 0 Å². The number of nitrogens with zero attached hydrogens (tertiary/aromatic N) is 1. The average molecular weight is 294 g/mol. The van der Waals surface area contributed by atoms with E-state index >= 15 is 0 Å². The summed E-state index contributed by atoms with van der Waals surface area (Å²) >= 11 is 0. The minimum atomic E-state index is -0.176. The molecule has 2 rings (SSSR count). The largest absolute Gasteiger partial charge is 0.377 e. The first kappa shape index (κ1) is 16.0. The van der Waals surface area contributed by atoms with Gasteiger partial charge in [0, 0.05) is 31.1 Å². The van der Waals surface area contributed by atoms with Crippen molar-refractivity contribution in [1.82, 2.24) is 10.5 Å². The van der Waals surface area contributed by atoms with E-state index in [2.05, 4.69) is 31.2 Å². The maximum Gasteiger partial charge on any atom is 0.273 e. The molecule has 1 aromatic heterocycles. The molecule has 5 nitrogen and oxygen atoms in total. The van der Waals surface area contributed by atoms with Gasteiger partial charge < -0.3 is 14.6 Å². The lowest BCUT2D eigenvalue weighted by Crippen LogP contribution is -2.38. The minimum absolute atomic E-state index is 0.0879. The number of carbonyl (C=O) groups is 1. The van der Waals surface area contributed by atoms with Gasteiger partial charge in [-0.3, -0.25) is 4.79 Å². The van der Waals surface area contributed by atoms with Crippen LogP contribution in [-0.2, 0) is 4.74 Å². The van der Waals surface area contributed by atoms with Crippen LogP contribution in [0.25, 0.3) is 0 Å². The summed E-state index contributed by atoms with van der Waals surface area (Å²) in [5.41, 5.74) is 0.440. The third-order valence-corrected chi connectivity index (χ3v) is 3.92. The molecule has 1 aromatic rings. The SMILES string of the molecule is CC(C)c1cc(C(=O)NC[C@H]2CCO[C@@H]2C(C)(C)C)no1. The van der Waals surface area contributed by atoms with Gasteiger partial charge in [-0.1, -0.05) is 39.8 Å². The predicted molar refractivity (Wildman–Crippen MR) is 80.2 cm³/mol. The molecular weight excluding hydrogens is 268 g/mol. The molecule has 1 aliphatic heterocycles. The van der Waals surface area contributed by atoms with Crippen molar-refractivity contribution in [3.05, 3.63) is 17.5 Å². The second-order valence-electron chi connectivity index (χ2n) is 7.19. The molecule has 0 radical (unpaired) electrons. The number of amides is 1. The fraction of sp³-hybridized carbons (Fsp3) is 0.750. The first-order valence-corrected chi connectivity index (χ1v) is 7.65. The van der Waals surface area contributed by atoms with Gasteiger partial charge in [0.15, 0.2) is 5.69 Å². The standard InChI is InChI=1S/C16H26N2O3/c1-10(2)13-8-12(18-21-13)15(19)17-9-11-6-7-20-14(11)16(3,4)5/h8,10-11,14H,6-7,9H2,1-5H3,(H,17,19)/t11-,14+/m1/s1. The molecule has 1 amide bonds. The molecule has 118 valence electrons. The van der Waals surface area contributed by atoms with E-state index in [1.165, 1.54) is 0 Å². The number of ether oxygens (including phenoxy) is 1. The highest BCUT2D eigenvalue weighted by molar-refractivity contribution is 5.92. The summed E-state index contributed by atoms with van der Waals surface area (Å²) in [5, 5.41) is 6.79. The van der Waals surface area contributed by atoms with Crippen LogP contribution < -0.4 is 5.32 Å². The predicted octanol–water partition coefficient (Wildman–Crippen LogP) is 2.98. The molecule has 1 saturated heterocycles. The average Bonchev–Trinajstić information content (AvgIpc) is 3.04. The molecule has 0 saturated carbocycles. The number of hydrogen-bond acceptors (Lipinski definition) is 4. The van der Waals surface area contributed by atoms with Crippen molar-refractivity contribution in [3.63, 3.8) is 0 Å². The van der Waals surface area contributed by atoms with E-state index in [1.807, 2.05) is 13.8 Å². The van der Waals surface area contributed by atoms with Crippen molar-refractivity contribution in [1.29, 1.82) is 0 Å². The van der Waals surface area contributed by atoms with Crippen molar-refractivity contribution in [3.8, 4) is 0 Å². The fourth-order valence-corrected chi connectivity index (χ4v) is 2.78. The summed E-state index contributed by atoms with van der Waals surface area (Å²) in [6, 6.07) is 1.71. The summed E-state index contributed by atoms with van der Waals surface area (Å²) in [7, 11) is 0. The van der Waals surface area contributed by atoms with E-state index < -0.39 is 0 Å². The van der Waals surface area contributed by atoms with E-state index in [-0.39, 0.29) is 23.3 Å². The van der Waals surface area contributed by atoms with Gasteiger partial charge in [0.1, 0.15) is 5.76 Å². The highest BCUT2D eigenvalue weighted by atomic mass is 16.5. The summed E-state index contributed by atoms with van der Waals surface area (Å²) in [6.45, 7) is 11.9. The third kappa shape index (κ3) is 3.84. The fourth-order valence-electron chi connectivity index (χ4n) is 2.78. The molecule has 5 heteroatoms. The maximum atomic E-state index is 12.1. The Bertz CT molecular complexity index is 488. The van der Waals surface area contributed by atoms with Crippen LogP contribution in [0.4, 0.5) is 0 Å². The van der Waals surface area contributed by atoms with Crippen LogP contribution in [0, 0.1) is 11.3 Å². The number of nitrogens with one attached hydrogen (secondary N) is 1. The van der Waals surface area contributed by atoms with Crippen molar-refractivity contribution >= 4 is 5.91 Å². The van der Waals surface area contributed by atoms with Gasteiger partial charge >= 0.3 is 0 Å². The topological polar surface area (TPSA) is 64.4 Å². The normalized spacial score (nSPS) is 22.8. The monoisotopic (exact) mass is 294 g/mol. The first-order valence-electron chi connectivity index (χ1n) is 7.65. The zero-order valence-corrected chi connectivity index (χ0v) is 13.6. The zero-order valence-electron chi connectivity index (χ0n) is 13.6. The summed E-state index contributed by atoms with van der Waals surface area (Å²) in [6.07, 6.45) is 1.17. The summed E-state index contributed by atoms with van der Waals surface area (Å²) in [5.74, 6) is 1.14. The highest BCUT2D eigenvalue weighted by Crippen LogP contribution is 2.34. The number of carbonyl (C=O) groups excluding carboxylic acids is 1. The smallest absolute Gasteiger partial charge is 0.273 e. The Hall–Kier alpha value is -1.36. The number of aromatic nitrogens is 1. The maximum absolute atomic E-state index is 12.1. The minimum Gasteiger partial charge on any atom is -0.377 e. The third-order valence-electron chi connectivity index (χ3n) is 3.92. The Balaban J connectivity index is 1.91. The van der Waals surface area contributed by atoms with Gasteiger partial charge in [0.2, 0.25) is 0 Å². The van der Waals surface area contributed by atoms with Gasteiger partial charge in [-0.2, -0.15) is 0 Å². The van der Waals surface area contributed by atoms with Crippen molar-refractivity contribution in [2.45, 2.75) is 53.1 Å². The molecule has 1 fully saturated rings. The Morgan fingerprint density at radius 1 is 1.48 bits per heavy atom. The van der Waals surface area contributed by atoms with Gasteiger partial charge in [-0.15, -0.1) is 0 Å². The van der Waals surface area contributed by atoms with Gasteiger partial charge in [-0.05, 0) is 11.8 Å². The Morgan fingerprint density at radius 3 is 2.76 bits per heavy atom. The van der Waals surface area contributed by atoms with Crippen LogP contribution in [0.5, 0.6) is 0 Å². The molecule has 1 aliphatic rings. The van der Waals surface area contributed by atoms with E-state index in [9.17, 15) is 4.79 Å². The highest BCUT2D eigenvalue weighted by Gasteiger charge is 2.37. The Kier molecular flexibility index (Phi) is 4.71. The molecule has 1 N–H and O–H groups in total. The van der Waals surface area contributed by atoms with Crippen LogP contribution in [-0.4, -0.2) is 30.3 Å². The second-order valence-corrected chi connectivity index (χ2v) is 7.19. The van der Waals surface area contributed by atoms with E-state index in [0.29, 0.717) is 18.2 Å². The zero-order chi connectivity index (χ0) is 15.6. The Labute approximate surface area is 126 Å². The lowest BCUT2D eigenvalue weighted by molar-refractivity contribution is 0.00735. The van der Waals surface area contributed by atoms with E-state index in [1.54, 1.807) is 6.07 Å². The van der Waals surface area contributed by atoms with Crippen molar-refractivity contribution < 1.29 is 14.1 Å². The van der Waals surface area contributed by atoms with E-state index in [0.717, 1.165) is 18.8 Å².